The Hall–Kier alpha value is -0.510. The summed E-state index contributed by atoms with van der Waals surface area (Å²) in [5, 5.41) is 0. The third-order valence-corrected chi connectivity index (χ3v) is 3.27. The zero-order valence-corrected chi connectivity index (χ0v) is 10.2. The molecule has 0 aliphatic carbocycles. The zero-order chi connectivity index (χ0) is 11.1. The SMILES string of the molecule is COCCCSc1ccc(C(C)N)cc1. The number of benzene rings is 1. The molecule has 2 N–H and O–H groups in total. The molecule has 1 unspecified atom stereocenters. The highest BCUT2D eigenvalue weighted by molar-refractivity contribution is 7.99. The summed E-state index contributed by atoms with van der Waals surface area (Å²) in [5.74, 6) is 1.10. The van der Waals surface area contributed by atoms with E-state index in [-0.39, 0.29) is 6.04 Å². The van der Waals surface area contributed by atoms with Crippen molar-refractivity contribution in [2.75, 3.05) is 19.5 Å². The van der Waals surface area contributed by atoms with Crippen molar-refractivity contribution in [2.24, 2.45) is 5.73 Å². The van der Waals surface area contributed by atoms with Gasteiger partial charge < -0.3 is 10.5 Å². The van der Waals surface area contributed by atoms with Crippen LogP contribution in [-0.2, 0) is 4.74 Å². The maximum Gasteiger partial charge on any atom is 0.0470 e. The number of thioether (sulfide) groups is 1. The third kappa shape index (κ3) is 4.69. The maximum absolute atomic E-state index is 5.78. The van der Waals surface area contributed by atoms with Crippen molar-refractivity contribution in [1.82, 2.24) is 0 Å². The number of ether oxygens (including phenoxy) is 1. The number of hydrogen-bond donors (Lipinski definition) is 1. The van der Waals surface area contributed by atoms with Crippen LogP contribution in [0.4, 0.5) is 0 Å². The summed E-state index contributed by atoms with van der Waals surface area (Å²) in [6.07, 6.45) is 1.09. The molecule has 0 aromatic heterocycles. The van der Waals surface area contributed by atoms with Crippen LogP contribution in [0.15, 0.2) is 29.2 Å². The minimum absolute atomic E-state index is 0.123. The first-order valence-electron chi connectivity index (χ1n) is 5.21. The summed E-state index contributed by atoms with van der Waals surface area (Å²) in [4.78, 5) is 1.30. The van der Waals surface area contributed by atoms with Gasteiger partial charge in [0.2, 0.25) is 0 Å². The maximum atomic E-state index is 5.78. The summed E-state index contributed by atoms with van der Waals surface area (Å²) in [5.41, 5.74) is 6.97. The molecule has 15 heavy (non-hydrogen) atoms. The second-order valence-corrected chi connectivity index (χ2v) is 4.72. The monoisotopic (exact) mass is 225 g/mol. The molecular formula is C12H19NOS. The van der Waals surface area contributed by atoms with E-state index in [9.17, 15) is 0 Å². The van der Waals surface area contributed by atoms with Crippen molar-refractivity contribution in [3.05, 3.63) is 29.8 Å². The van der Waals surface area contributed by atoms with E-state index in [0.717, 1.165) is 18.8 Å². The molecule has 1 atom stereocenters. The molecule has 1 rings (SSSR count). The minimum Gasteiger partial charge on any atom is -0.385 e. The summed E-state index contributed by atoms with van der Waals surface area (Å²) in [6.45, 7) is 2.84. The molecule has 0 saturated heterocycles. The number of nitrogens with two attached hydrogens (primary N) is 1. The number of rotatable bonds is 6. The van der Waals surface area contributed by atoms with Gasteiger partial charge >= 0.3 is 0 Å². The Bertz CT molecular complexity index is 271. The Morgan fingerprint density at radius 2 is 2.00 bits per heavy atom. The topological polar surface area (TPSA) is 35.2 Å². The van der Waals surface area contributed by atoms with Gasteiger partial charge in [0.25, 0.3) is 0 Å². The van der Waals surface area contributed by atoms with Crippen molar-refractivity contribution in [3.63, 3.8) is 0 Å². The van der Waals surface area contributed by atoms with Crippen LogP contribution in [-0.4, -0.2) is 19.5 Å². The van der Waals surface area contributed by atoms with E-state index in [1.54, 1.807) is 7.11 Å². The quantitative estimate of drug-likeness (QED) is 0.597. The Morgan fingerprint density at radius 3 is 2.53 bits per heavy atom. The van der Waals surface area contributed by atoms with E-state index in [2.05, 4.69) is 24.3 Å². The molecule has 0 spiro atoms. The van der Waals surface area contributed by atoms with Crippen molar-refractivity contribution < 1.29 is 4.74 Å². The van der Waals surface area contributed by atoms with Gasteiger partial charge in [-0.2, -0.15) is 0 Å². The van der Waals surface area contributed by atoms with Gasteiger partial charge in [-0.3, -0.25) is 0 Å². The molecular weight excluding hydrogens is 206 g/mol. The van der Waals surface area contributed by atoms with Crippen LogP contribution in [0.1, 0.15) is 24.9 Å². The van der Waals surface area contributed by atoms with E-state index in [0.29, 0.717) is 0 Å². The standard InChI is InChI=1S/C12H19NOS/c1-10(13)11-4-6-12(7-5-11)15-9-3-8-14-2/h4-7,10H,3,8-9,13H2,1-2H3. The van der Waals surface area contributed by atoms with Gasteiger partial charge in [0.1, 0.15) is 0 Å². The van der Waals surface area contributed by atoms with Crippen molar-refractivity contribution in [2.45, 2.75) is 24.3 Å². The van der Waals surface area contributed by atoms with E-state index in [4.69, 9.17) is 10.5 Å². The molecule has 0 radical (unpaired) electrons. The molecule has 0 amide bonds. The predicted molar refractivity (Wildman–Crippen MR) is 66.3 cm³/mol. The first-order valence-corrected chi connectivity index (χ1v) is 6.20. The van der Waals surface area contributed by atoms with Gasteiger partial charge in [-0.15, -0.1) is 11.8 Å². The van der Waals surface area contributed by atoms with Gasteiger partial charge in [0.15, 0.2) is 0 Å². The molecule has 1 aromatic carbocycles. The molecule has 0 saturated carbocycles. The van der Waals surface area contributed by atoms with Crippen molar-refractivity contribution in [3.8, 4) is 0 Å². The molecule has 84 valence electrons. The second kappa shape index (κ2) is 6.88. The molecule has 3 heteroatoms. The molecule has 0 heterocycles. The summed E-state index contributed by atoms with van der Waals surface area (Å²) in [6, 6.07) is 8.59. The zero-order valence-electron chi connectivity index (χ0n) is 9.40. The molecule has 0 fully saturated rings. The lowest BCUT2D eigenvalue weighted by atomic mass is 10.1. The molecule has 0 aliphatic heterocycles. The van der Waals surface area contributed by atoms with Crippen LogP contribution in [0.2, 0.25) is 0 Å². The van der Waals surface area contributed by atoms with Gasteiger partial charge in [-0.1, -0.05) is 12.1 Å². The predicted octanol–water partition coefficient (Wildman–Crippen LogP) is 2.83. The number of hydrogen-bond acceptors (Lipinski definition) is 3. The lowest BCUT2D eigenvalue weighted by Crippen LogP contribution is -2.04. The minimum atomic E-state index is 0.123. The summed E-state index contributed by atoms with van der Waals surface area (Å²) >= 11 is 1.86. The molecule has 0 aliphatic rings. The highest BCUT2D eigenvalue weighted by Gasteiger charge is 1.99. The Morgan fingerprint density at radius 1 is 1.33 bits per heavy atom. The second-order valence-electron chi connectivity index (χ2n) is 3.55. The van der Waals surface area contributed by atoms with Gasteiger partial charge in [-0.25, -0.2) is 0 Å². The average molecular weight is 225 g/mol. The smallest absolute Gasteiger partial charge is 0.0470 e. The van der Waals surface area contributed by atoms with E-state index >= 15 is 0 Å². The fourth-order valence-electron chi connectivity index (χ4n) is 1.26. The molecule has 0 bridgehead atoms. The summed E-state index contributed by atoms with van der Waals surface area (Å²) < 4.78 is 5.00. The highest BCUT2D eigenvalue weighted by Crippen LogP contribution is 2.20. The van der Waals surface area contributed by atoms with Crippen LogP contribution in [0, 0.1) is 0 Å². The van der Waals surface area contributed by atoms with E-state index in [1.807, 2.05) is 18.7 Å². The van der Waals surface area contributed by atoms with Gasteiger partial charge in [-0.05, 0) is 31.0 Å². The van der Waals surface area contributed by atoms with Crippen LogP contribution in [0.5, 0.6) is 0 Å². The Labute approximate surface area is 96.2 Å². The van der Waals surface area contributed by atoms with Gasteiger partial charge in [0.05, 0.1) is 0 Å². The highest BCUT2D eigenvalue weighted by atomic mass is 32.2. The fraction of sp³-hybridized carbons (Fsp3) is 0.500. The van der Waals surface area contributed by atoms with Crippen molar-refractivity contribution >= 4 is 11.8 Å². The summed E-state index contributed by atoms with van der Waals surface area (Å²) in [7, 11) is 1.74. The van der Waals surface area contributed by atoms with Crippen LogP contribution < -0.4 is 5.73 Å². The average Bonchev–Trinajstić information content (AvgIpc) is 2.25. The van der Waals surface area contributed by atoms with Crippen LogP contribution in [0.3, 0.4) is 0 Å². The Kier molecular flexibility index (Phi) is 5.76. The fourth-order valence-corrected chi connectivity index (χ4v) is 2.09. The normalized spacial score (nSPS) is 12.7. The van der Waals surface area contributed by atoms with E-state index in [1.165, 1.54) is 10.5 Å². The Balaban J connectivity index is 2.36. The largest absolute Gasteiger partial charge is 0.385 e. The first kappa shape index (κ1) is 12.6. The lowest BCUT2D eigenvalue weighted by molar-refractivity contribution is 0.200. The first-order chi connectivity index (χ1) is 7.24. The number of methoxy groups -OCH3 is 1. The third-order valence-electron chi connectivity index (χ3n) is 2.17. The van der Waals surface area contributed by atoms with Gasteiger partial charge in [0, 0.05) is 30.4 Å². The van der Waals surface area contributed by atoms with E-state index < -0.39 is 0 Å². The van der Waals surface area contributed by atoms with Crippen LogP contribution >= 0.6 is 11.8 Å². The van der Waals surface area contributed by atoms with Crippen molar-refractivity contribution in [1.29, 1.82) is 0 Å². The molecule has 2 nitrogen and oxygen atoms in total. The lowest BCUT2D eigenvalue weighted by Gasteiger charge is -2.06. The molecule has 1 aromatic rings. The van der Waals surface area contributed by atoms with Crippen LogP contribution in [0.25, 0.3) is 0 Å².